The fourth-order valence-corrected chi connectivity index (χ4v) is 3.03. The maximum Gasteiger partial charge on any atom is 0.322 e. The van der Waals surface area contributed by atoms with Gasteiger partial charge < -0.3 is 15.0 Å². The highest BCUT2D eigenvalue weighted by molar-refractivity contribution is 5.89. The predicted octanol–water partition coefficient (Wildman–Crippen LogP) is 2.68. The summed E-state index contributed by atoms with van der Waals surface area (Å²) >= 11 is 0. The lowest BCUT2D eigenvalue weighted by molar-refractivity contribution is 0.183. The number of aromatic nitrogens is 2. The first-order chi connectivity index (χ1) is 11.2. The van der Waals surface area contributed by atoms with Crippen LogP contribution in [0.4, 0.5) is 10.5 Å². The summed E-state index contributed by atoms with van der Waals surface area (Å²) in [6.45, 7) is 1.26. The van der Waals surface area contributed by atoms with E-state index in [9.17, 15) is 4.79 Å². The Bertz CT molecular complexity index is 683. The monoisotopic (exact) mass is 314 g/mol. The number of fused-ring (bicyclic) bond motifs is 1. The van der Waals surface area contributed by atoms with E-state index in [-0.39, 0.29) is 12.1 Å². The number of methoxy groups -OCH3 is 1. The number of hydrogen-bond donors (Lipinski definition) is 1. The van der Waals surface area contributed by atoms with Gasteiger partial charge in [-0.05, 0) is 24.0 Å². The molecule has 0 spiro atoms. The second-order valence-electron chi connectivity index (χ2n) is 5.78. The summed E-state index contributed by atoms with van der Waals surface area (Å²) in [4.78, 5) is 14.3. The number of nitrogens with one attached hydrogen (secondary N) is 1. The van der Waals surface area contributed by atoms with E-state index >= 15 is 0 Å². The van der Waals surface area contributed by atoms with Crippen molar-refractivity contribution in [3.63, 3.8) is 0 Å². The minimum Gasteiger partial charge on any atom is -0.383 e. The number of benzene rings is 1. The third-order valence-corrected chi connectivity index (χ3v) is 4.30. The van der Waals surface area contributed by atoms with E-state index in [1.807, 2.05) is 19.3 Å². The minimum absolute atomic E-state index is 0.113. The summed E-state index contributed by atoms with van der Waals surface area (Å²) in [7, 11) is 3.50. The lowest BCUT2D eigenvalue weighted by Gasteiger charge is -2.25. The van der Waals surface area contributed by atoms with Crippen LogP contribution in [0.3, 0.4) is 0 Å². The molecular formula is C17H22N4O2. The van der Waals surface area contributed by atoms with Crippen LogP contribution in [0.15, 0.2) is 36.7 Å². The summed E-state index contributed by atoms with van der Waals surface area (Å²) in [5.74, 6) is 0. The summed E-state index contributed by atoms with van der Waals surface area (Å²) in [5.41, 5.74) is 3.29. The first-order valence-electron chi connectivity index (χ1n) is 7.82. The topological polar surface area (TPSA) is 59.4 Å². The van der Waals surface area contributed by atoms with Crippen LogP contribution in [0, 0.1) is 0 Å². The van der Waals surface area contributed by atoms with Gasteiger partial charge in [0.05, 0.1) is 31.1 Å². The van der Waals surface area contributed by atoms with Gasteiger partial charge in [0, 0.05) is 20.4 Å². The van der Waals surface area contributed by atoms with Crippen LogP contribution in [-0.2, 0) is 17.7 Å². The maximum atomic E-state index is 12.5. The van der Waals surface area contributed by atoms with Crippen molar-refractivity contribution >= 4 is 11.7 Å². The molecule has 1 aromatic heterocycles. The SMILES string of the molecule is COCCn1cc(NC(=O)N(C)[C@H]2CCc3ccccc32)cn1. The molecule has 122 valence electrons. The molecule has 6 heteroatoms. The third kappa shape index (κ3) is 3.37. The van der Waals surface area contributed by atoms with E-state index in [2.05, 4.69) is 28.6 Å². The third-order valence-electron chi connectivity index (χ3n) is 4.30. The van der Waals surface area contributed by atoms with Crippen molar-refractivity contribution in [2.45, 2.75) is 25.4 Å². The summed E-state index contributed by atoms with van der Waals surface area (Å²) in [5, 5.41) is 7.11. The van der Waals surface area contributed by atoms with E-state index in [4.69, 9.17) is 4.74 Å². The van der Waals surface area contributed by atoms with Crippen LogP contribution in [0.5, 0.6) is 0 Å². The van der Waals surface area contributed by atoms with Gasteiger partial charge in [-0.25, -0.2) is 4.79 Å². The normalized spacial score (nSPS) is 16.2. The molecule has 1 atom stereocenters. The number of rotatable bonds is 5. The zero-order valence-electron chi connectivity index (χ0n) is 13.5. The number of urea groups is 1. The Balaban J connectivity index is 1.63. The molecule has 6 nitrogen and oxygen atoms in total. The number of anilines is 1. The molecule has 23 heavy (non-hydrogen) atoms. The molecule has 0 fully saturated rings. The number of amides is 2. The summed E-state index contributed by atoms with van der Waals surface area (Å²) in [6, 6.07) is 8.35. The van der Waals surface area contributed by atoms with E-state index in [1.165, 1.54) is 11.1 Å². The quantitative estimate of drug-likeness (QED) is 0.923. The number of ether oxygens (including phenoxy) is 1. The van der Waals surface area contributed by atoms with Crippen LogP contribution in [-0.4, -0.2) is 41.5 Å². The van der Waals surface area contributed by atoms with Crippen LogP contribution in [0.1, 0.15) is 23.6 Å². The zero-order valence-corrected chi connectivity index (χ0v) is 13.5. The van der Waals surface area contributed by atoms with Crippen molar-refractivity contribution in [2.24, 2.45) is 0 Å². The molecule has 1 N–H and O–H groups in total. The molecule has 2 amide bonds. The van der Waals surface area contributed by atoms with E-state index in [0.717, 1.165) is 12.8 Å². The van der Waals surface area contributed by atoms with Crippen molar-refractivity contribution in [1.82, 2.24) is 14.7 Å². The predicted molar refractivity (Wildman–Crippen MR) is 88.4 cm³/mol. The smallest absolute Gasteiger partial charge is 0.322 e. The molecule has 1 aliphatic carbocycles. The molecule has 1 heterocycles. The minimum atomic E-state index is -0.113. The van der Waals surface area contributed by atoms with Gasteiger partial charge in [0.25, 0.3) is 0 Å². The van der Waals surface area contributed by atoms with E-state index in [1.54, 1.807) is 22.9 Å². The highest BCUT2D eigenvalue weighted by Gasteiger charge is 2.28. The Morgan fingerprint density at radius 3 is 3.13 bits per heavy atom. The van der Waals surface area contributed by atoms with Crippen molar-refractivity contribution in [2.75, 3.05) is 26.1 Å². The standard InChI is InChI=1S/C17H22N4O2/c1-20(16-8-7-13-5-3-4-6-15(13)16)17(22)19-14-11-18-21(12-14)9-10-23-2/h3-6,11-12,16H,7-10H2,1-2H3,(H,19,22)/t16-/m0/s1. The highest BCUT2D eigenvalue weighted by atomic mass is 16.5. The number of carbonyl (C=O) groups excluding carboxylic acids is 1. The molecule has 1 aromatic carbocycles. The van der Waals surface area contributed by atoms with Gasteiger partial charge in [-0.15, -0.1) is 0 Å². The van der Waals surface area contributed by atoms with Crippen molar-refractivity contribution in [3.8, 4) is 0 Å². The van der Waals surface area contributed by atoms with Crippen LogP contribution in [0.25, 0.3) is 0 Å². The second-order valence-corrected chi connectivity index (χ2v) is 5.78. The van der Waals surface area contributed by atoms with Crippen LogP contribution >= 0.6 is 0 Å². The largest absolute Gasteiger partial charge is 0.383 e. The molecule has 3 rings (SSSR count). The van der Waals surface area contributed by atoms with Crippen molar-refractivity contribution in [1.29, 1.82) is 0 Å². The first-order valence-corrected chi connectivity index (χ1v) is 7.82. The Labute approximate surface area is 136 Å². The van der Waals surface area contributed by atoms with E-state index in [0.29, 0.717) is 18.8 Å². The zero-order chi connectivity index (χ0) is 16.2. The number of aryl methyl sites for hydroxylation is 1. The van der Waals surface area contributed by atoms with Gasteiger partial charge >= 0.3 is 6.03 Å². The second kappa shape index (κ2) is 6.83. The maximum absolute atomic E-state index is 12.5. The van der Waals surface area contributed by atoms with E-state index < -0.39 is 0 Å². The van der Waals surface area contributed by atoms with Crippen molar-refractivity contribution in [3.05, 3.63) is 47.8 Å². The highest BCUT2D eigenvalue weighted by Crippen LogP contribution is 2.34. The molecular weight excluding hydrogens is 292 g/mol. The van der Waals surface area contributed by atoms with Gasteiger partial charge in [0.15, 0.2) is 0 Å². The van der Waals surface area contributed by atoms with Gasteiger partial charge in [-0.3, -0.25) is 4.68 Å². The van der Waals surface area contributed by atoms with Crippen molar-refractivity contribution < 1.29 is 9.53 Å². The number of nitrogens with zero attached hydrogens (tertiary/aromatic N) is 3. The number of carbonyl (C=O) groups is 1. The molecule has 0 saturated carbocycles. The van der Waals surface area contributed by atoms with Gasteiger partial charge in [0.1, 0.15) is 0 Å². The van der Waals surface area contributed by atoms with Gasteiger partial charge in [-0.2, -0.15) is 5.10 Å². The fraction of sp³-hybridized carbons (Fsp3) is 0.412. The Kier molecular flexibility index (Phi) is 4.62. The molecule has 2 aromatic rings. The Morgan fingerprint density at radius 2 is 2.30 bits per heavy atom. The van der Waals surface area contributed by atoms with Crippen LogP contribution < -0.4 is 5.32 Å². The molecule has 1 aliphatic rings. The molecule has 0 bridgehead atoms. The average molecular weight is 314 g/mol. The van der Waals surface area contributed by atoms with Gasteiger partial charge in [-0.1, -0.05) is 24.3 Å². The fourth-order valence-electron chi connectivity index (χ4n) is 3.03. The molecule has 0 radical (unpaired) electrons. The Morgan fingerprint density at radius 1 is 1.48 bits per heavy atom. The Hall–Kier alpha value is -2.34. The lowest BCUT2D eigenvalue weighted by Crippen LogP contribution is -2.33. The number of hydrogen-bond acceptors (Lipinski definition) is 3. The molecule has 0 unspecified atom stereocenters. The van der Waals surface area contributed by atoms with Gasteiger partial charge in [0.2, 0.25) is 0 Å². The molecule has 0 saturated heterocycles. The first kappa shape index (κ1) is 15.6. The summed E-state index contributed by atoms with van der Waals surface area (Å²) < 4.78 is 6.77. The molecule has 0 aliphatic heterocycles. The summed E-state index contributed by atoms with van der Waals surface area (Å²) in [6.07, 6.45) is 5.46. The lowest BCUT2D eigenvalue weighted by atomic mass is 10.1. The van der Waals surface area contributed by atoms with Crippen LogP contribution in [0.2, 0.25) is 0 Å². The average Bonchev–Trinajstić information content (AvgIpc) is 3.18.